The van der Waals surface area contributed by atoms with Gasteiger partial charge < -0.3 is 14.6 Å². The van der Waals surface area contributed by atoms with Gasteiger partial charge in [0.05, 0.1) is 17.6 Å². The maximum absolute atomic E-state index is 13.1. The summed E-state index contributed by atoms with van der Waals surface area (Å²) in [5.41, 5.74) is 5.19. The van der Waals surface area contributed by atoms with Crippen molar-refractivity contribution in [2.24, 2.45) is 0 Å². The van der Waals surface area contributed by atoms with Crippen LogP contribution in [-0.4, -0.2) is 28.6 Å². The number of rotatable bonds is 14. The number of halogens is 1. The molecule has 0 bridgehead atoms. The summed E-state index contributed by atoms with van der Waals surface area (Å²) in [6.45, 7) is 8.73. The third-order valence-electron chi connectivity index (χ3n) is 7.03. The molecule has 1 N–H and O–H groups in total. The van der Waals surface area contributed by atoms with Gasteiger partial charge in [0.1, 0.15) is 17.4 Å². The highest BCUT2D eigenvalue weighted by Crippen LogP contribution is 2.27. The largest absolute Gasteiger partial charge is 0.493 e. The Balaban J connectivity index is 1.24. The number of para-hydroxylation sites is 2. The number of hydrogen-bond acceptors (Lipinski definition) is 3. The van der Waals surface area contributed by atoms with E-state index >= 15 is 0 Å². The van der Waals surface area contributed by atoms with E-state index in [9.17, 15) is 9.18 Å². The highest BCUT2D eigenvalue weighted by atomic mass is 19.1. The second-order valence-electron chi connectivity index (χ2n) is 10.5. The molecule has 1 heterocycles. The summed E-state index contributed by atoms with van der Waals surface area (Å²) < 4.78 is 21.6. The Morgan fingerprint density at radius 1 is 0.974 bits per heavy atom. The van der Waals surface area contributed by atoms with Gasteiger partial charge in [0.25, 0.3) is 5.91 Å². The standard InChI is InChI=1S/C33H40FN3O2/c1-24(2)28-19-14-25(3)23-31(28)39-22-10-9-21-37-30-12-7-6-11-29(30)36-32(37)13-5-4-8-20-35-33(38)26-15-17-27(34)18-16-26/h6-7,11-12,14-19,23-24H,4-5,8-10,13,20-22H2,1-3H3,(H,35,38). The molecule has 4 aromatic rings. The lowest BCUT2D eigenvalue weighted by Crippen LogP contribution is -2.24. The van der Waals surface area contributed by atoms with Gasteiger partial charge in [0.2, 0.25) is 0 Å². The number of benzene rings is 3. The SMILES string of the molecule is Cc1ccc(C(C)C)c(OCCCCn2c(CCCCCNC(=O)c3ccc(F)cc3)nc3ccccc32)c1. The maximum atomic E-state index is 13.1. The van der Waals surface area contributed by atoms with E-state index in [0.29, 0.717) is 24.6 Å². The first-order valence-corrected chi connectivity index (χ1v) is 14.1. The fourth-order valence-corrected chi connectivity index (χ4v) is 4.85. The molecule has 206 valence electrons. The molecule has 3 aromatic carbocycles. The van der Waals surface area contributed by atoms with E-state index in [-0.39, 0.29) is 11.7 Å². The lowest BCUT2D eigenvalue weighted by Gasteiger charge is -2.15. The highest BCUT2D eigenvalue weighted by Gasteiger charge is 2.11. The van der Waals surface area contributed by atoms with Crippen molar-refractivity contribution >= 4 is 16.9 Å². The van der Waals surface area contributed by atoms with Crippen LogP contribution >= 0.6 is 0 Å². The molecule has 1 aromatic heterocycles. The number of unbranched alkanes of at least 4 members (excludes halogenated alkanes) is 3. The molecule has 0 spiro atoms. The van der Waals surface area contributed by atoms with Crippen LogP contribution in [0, 0.1) is 12.7 Å². The molecule has 1 amide bonds. The predicted octanol–water partition coefficient (Wildman–Crippen LogP) is 7.61. The van der Waals surface area contributed by atoms with Gasteiger partial charge >= 0.3 is 0 Å². The Bertz CT molecular complexity index is 1360. The maximum Gasteiger partial charge on any atom is 0.251 e. The van der Waals surface area contributed by atoms with Crippen molar-refractivity contribution in [3.8, 4) is 5.75 Å². The zero-order chi connectivity index (χ0) is 27.6. The minimum absolute atomic E-state index is 0.163. The van der Waals surface area contributed by atoms with Crippen LogP contribution in [-0.2, 0) is 13.0 Å². The average Bonchev–Trinajstić information content (AvgIpc) is 3.27. The van der Waals surface area contributed by atoms with Gasteiger partial charge in [-0.25, -0.2) is 9.37 Å². The number of carbonyl (C=O) groups excluding carboxylic acids is 1. The second kappa shape index (κ2) is 13.9. The summed E-state index contributed by atoms with van der Waals surface area (Å²) in [7, 11) is 0. The number of carbonyl (C=O) groups is 1. The van der Waals surface area contributed by atoms with Crippen molar-refractivity contribution < 1.29 is 13.9 Å². The second-order valence-corrected chi connectivity index (χ2v) is 10.5. The summed E-state index contributed by atoms with van der Waals surface area (Å²) >= 11 is 0. The Labute approximate surface area is 231 Å². The lowest BCUT2D eigenvalue weighted by molar-refractivity contribution is 0.0953. The Kier molecular flexibility index (Phi) is 10.1. The van der Waals surface area contributed by atoms with Crippen LogP contribution in [0.4, 0.5) is 4.39 Å². The first-order valence-electron chi connectivity index (χ1n) is 14.1. The van der Waals surface area contributed by atoms with Gasteiger partial charge in [-0.1, -0.05) is 44.5 Å². The monoisotopic (exact) mass is 529 g/mol. The third-order valence-corrected chi connectivity index (χ3v) is 7.03. The fraction of sp³-hybridized carbons (Fsp3) is 0.394. The van der Waals surface area contributed by atoms with Crippen LogP contribution < -0.4 is 10.1 Å². The zero-order valence-electron chi connectivity index (χ0n) is 23.4. The normalized spacial score (nSPS) is 11.3. The quantitative estimate of drug-likeness (QED) is 0.171. The van der Waals surface area contributed by atoms with Crippen LogP contribution in [0.25, 0.3) is 11.0 Å². The number of aryl methyl sites for hydroxylation is 3. The van der Waals surface area contributed by atoms with Crippen LogP contribution in [0.5, 0.6) is 5.75 Å². The van der Waals surface area contributed by atoms with E-state index in [2.05, 4.69) is 67.1 Å². The van der Waals surface area contributed by atoms with Crippen molar-refractivity contribution in [1.82, 2.24) is 14.9 Å². The summed E-state index contributed by atoms with van der Waals surface area (Å²) in [5.74, 6) is 2.06. The van der Waals surface area contributed by atoms with E-state index in [1.54, 1.807) is 0 Å². The molecule has 5 nitrogen and oxygen atoms in total. The van der Waals surface area contributed by atoms with E-state index in [1.165, 1.54) is 40.9 Å². The van der Waals surface area contributed by atoms with Gasteiger partial charge in [-0.05, 0) is 92.1 Å². The summed E-state index contributed by atoms with van der Waals surface area (Å²) in [4.78, 5) is 17.1. The van der Waals surface area contributed by atoms with Crippen LogP contribution in [0.15, 0.2) is 66.7 Å². The molecule has 0 aliphatic rings. The number of hydrogen-bond donors (Lipinski definition) is 1. The van der Waals surface area contributed by atoms with E-state index in [4.69, 9.17) is 9.72 Å². The third kappa shape index (κ3) is 7.92. The minimum atomic E-state index is -0.339. The summed E-state index contributed by atoms with van der Waals surface area (Å²) in [6.07, 6.45) is 5.79. The number of ether oxygens (including phenoxy) is 1. The molecule has 0 aliphatic carbocycles. The molecule has 0 saturated heterocycles. The summed E-state index contributed by atoms with van der Waals surface area (Å²) in [5, 5.41) is 2.92. The molecule has 0 saturated carbocycles. The van der Waals surface area contributed by atoms with E-state index in [0.717, 1.165) is 62.2 Å². The van der Waals surface area contributed by atoms with Crippen molar-refractivity contribution in [2.45, 2.75) is 71.8 Å². The van der Waals surface area contributed by atoms with Crippen molar-refractivity contribution in [3.05, 3.63) is 95.1 Å². The zero-order valence-corrected chi connectivity index (χ0v) is 23.4. The molecule has 0 aliphatic heterocycles. The first kappa shape index (κ1) is 28.3. The minimum Gasteiger partial charge on any atom is -0.493 e. The Hall–Kier alpha value is -3.67. The molecule has 0 atom stereocenters. The molecule has 0 radical (unpaired) electrons. The summed E-state index contributed by atoms with van der Waals surface area (Å²) in [6, 6.07) is 20.4. The number of aromatic nitrogens is 2. The van der Waals surface area contributed by atoms with Gasteiger partial charge in [-0.3, -0.25) is 4.79 Å². The fourth-order valence-electron chi connectivity index (χ4n) is 4.85. The number of amides is 1. The molecule has 0 unspecified atom stereocenters. The molecular weight excluding hydrogens is 489 g/mol. The van der Waals surface area contributed by atoms with E-state index < -0.39 is 0 Å². The van der Waals surface area contributed by atoms with Gasteiger partial charge in [0.15, 0.2) is 0 Å². The van der Waals surface area contributed by atoms with Gasteiger partial charge in [0, 0.05) is 25.1 Å². The van der Waals surface area contributed by atoms with Crippen LogP contribution in [0.3, 0.4) is 0 Å². The van der Waals surface area contributed by atoms with Crippen LogP contribution in [0.1, 0.15) is 79.2 Å². The number of nitrogens with one attached hydrogen (secondary N) is 1. The average molecular weight is 530 g/mol. The van der Waals surface area contributed by atoms with Crippen molar-refractivity contribution in [2.75, 3.05) is 13.2 Å². The molecular formula is C33H40FN3O2. The van der Waals surface area contributed by atoms with Crippen molar-refractivity contribution in [3.63, 3.8) is 0 Å². The smallest absolute Gasteiger partial charge is 0.251 e. The number of nitrogens with zero attached hydrogens (tertiary/aromatic N) is 2. The van der Waals surface area contributed by atoms with Crippen molar-refractivity contribution in [1.29, 1.82) is 0 Å². The molecule has 0 fully saturated rings. The Morgan fingerprint density at radius 3 is 2.56 bits per heavy atom. The number of fused-ring (bicyclic) bond motifs is 1. The Morgan fingerprint density at radius 2 is 1.77 bits per heavy atom. The topological polar surface area (TPSA) is 56.1 Å². The van der Waals surface area contributed by atoms with Gasteiger partial charge in [-0.2, -0.15) is 0 Å². The highest BCUT2D eigenvalue weighted by molar-refractivity contribution is 5.94. The molecule has 6 heteroatoms. The molecule has 39 heavy (non-hydrogen) atoms. The van der Waals surface area contributed by atoms with Crippen LogP contribution in [0.2, 0.25) is 0 Å². The van der Waals surface area contributed by atoms with E-state index in [1.807, 2.05) is 6.07 Å². The first-order chi connectivity index (χ1) is 18.9. The van der Waals surface area contributed by atoms with Gasteiger partial charge in [-0.15, -0.1) is 0 Å². The lowest BCUT2D eigenvalue weighted by atomic mass is 10.0. The number of imidazole rings is 1. The molecule has 4 rings (SSSR count). The predicted molar refractivity (Wildman–Crippen MR) is 156 cm³/mol.